The normalized spacial score (nSPS) is 15.7. The van der Waals surface area contributed by atoms with Crippen molar-refractivity contribution >= 4 is 34.8 Å². The Morgan fingerprint density at radius 2 is 1.62 bits per heavy atom. The lowest BCUT2D eigenvalue weighted by atomic mass is 10.1. The van der Waals surface area contributed by atoms with Crippen LogP contribution in [0.4, 0.5) is 0 Å². The molecule has 1 saturated carbocycles. The van der Waals surface area contributed by atoms with Crippen molar-refractivity contribution in [3.8, 4) is 5.75 Å². The van der Waals surface area contributed by atoms with E-state index in [0.717, 1.165) is 23.4 Å². The molecule has 1 aliphatic rings. The van der Waals surface area contributed by atoms with Gasteiger partial charge in [-0.15, -0.1) is 0 Å². The lowest BCUT2D eigenvalue weighted by Gasteiger charge is -2.18. The number of benzene rings is 2. The highest BCUT2D eigenvalue weighted by molar-refractivity contribution is 6.36. The number of halogens is 3. The molecular weight excluding hydrogens is 389 g/mol. The van der Waals surface area contributed by atoms with Crippen molar-refractivity contribution in [1.82, 2.24) is 5.32 Å². The van der Waals surface area contributed by atoms with Gasteiger partial charge in [0.15, 0.2) is 0 Å². The van der Waals surface area contributed by atoms with Crippen molar-refractivity contribution in [2.24, 2.45) is 0 Å². The topological polar surface area (TPSA) is 21.3 Å². The monoisotopic (exact) mass is 411 g/mol. The van der Waals surface area contributed by atoms with Gasteiger partial charge in [-0.25, -0.2) is 0 Å². The molecule has 5 heteroatoms. The summed E-state index contributed by atoms with van der Waals surface area (Å²) < 4.78 is 6.04. The van der Waals surface area contributed by atoms with Gasteiger partial charge in [0.25, 0.3) is 0 Å². The Morgan fingerprint density at radius 1 is 0.923 bits per heavy atom. The maximum absolute atomic E-state index is 6.24. The second-order valence-electron chi connectivity index (χ2n) is 6.81. The van der Waals surface area contributed by atoms with Crippen molar-refractivity contribution in [2.75, 3.05) is 0 Å². The minimum Gasteiger partial charge on any atom is -0.488 e. The number of nitrogens with one attached hydrogen (secondary N) is 1. The minimum atomic E-state index is 0.330. The molecule has 0 unspecified atom stereocenters. The molecule has 3 rings (SSSR count). The van der Waals surface area contributed by atoms with Gasteiger partial charge in [0.1, 0.15) is 12.4 Å². The summed E-state index contributed by atoms with van der Waals surface area (Å²) in [5.74, 6) is 0.812. The predicted octanol–water partition coefficient (Wildman–Crippen LogP) is 7.04. The zero-order valence-corrected chi connectivity index (χ0v) is 17.0. The van der Waals surface area contributed by atoms with E-state index < -0.39 is 0 Å². The second-order valence-corrected chi connectivity index (χ2v) is 8.06. The average molecular weight is 413 g/mol. The number of hydrogen-bond donors (Lipinski definition) is 1. The van der Waals surface area contributed by atoms with E-state index in [4.69, 9.17) is 39.5 Å². The molecule has 0 radical (unpaired) electrons. The molecule has 1 N–H and O–H groups in total. The van der Waals surface area contributed by atoms with Crippen LogP contribution in [0.15, 0.2) is 36.4 Å². The predicted molar refractivity (Wildman–Crippen MR) is 111 cm³/mol. The van der Waals surface area contributed by atoms with Crippen LogP contribution >= 0.6 is 34.8 Å². The highest BCUT2D eigenvalue weighted by Crippen LogP contribution is 2.29. The van der Waals surface area contributed by atoms with Crippen LogP contribution in [0.1, 0.15) is 49.7 Å². The maximum atomic E-state index is 6.24. The summed E-state index contributed by atoms with van der Waals surface area (Å²) in [6.45, 7) is 1.08. The quantitative estimate of drug-likeness (QED) is 0.514. The van der Waals surface area contributed by atoms with Crippen LogP contribution in [-0.4, -0.2) is 6.04 Å². The van der Waals surface area contributed by atoms with Crippen molar-refractivity contribution in [3.63, 3.8) is 0 Å². The van der Waals surface area contributed by atoms with Gasteiger partial charge in [0, 0.05) is 38.8 Å². The summed E-state index contributed by atoms with van der Waals surface area (Å²) in [5, 5.41) is 5.62. The molecule has 1 fully saturated rings. The van der Waals surface area contributed by atoms with E-state index in [-0.39, 0.29) is 0 Å². The Bertz CT molecular complexity index is 707. The summed E-state index contributed by atoms with van der Waals surface area (Å²) >= 11 is 18.7. The zero-order valence-electron chi connectivity index (χ0n) is 14.7. The fourth-order valence-corrected chi connectivity index (χ4v) is 4.09. The molecule has 2 aromatic rings. The van der Waals surface area contributed by atoms with Crippen molar-refractivity contribution < 1.29 is 4.74 Å². The van der Waals surface area contributed by atoms with Crippen LogP contribution in [0, 0.1) is 0 Å². The third kappa shape index (κ3) is 5.53. The van der Waals surface area contributed by atoms with E-state index in [2.05, 4.69) is 5.32 Å². The van der Waals surface area contributed by atoms with Gasteiger partial charge in [-0.05, 0) is 43.2 Å². The molecular formula is C21H24Cl3NO. The lowest BCUT2D eigenvalue weighted by molar-refractivity contribution is 0.301. The molecule has 0 saturated heterocycles. The van der Waals surface area contributed by atoms with Crippen LogP contribution in [-0.2, 0) is 13.2 Å². The highest BCUT2D eigenvalue weighted by atomic mass is 35.5. The standard InChI is InChI=1S/C21H24Cl3NO/c22-16-10-11-21(26-14-18-19(23)8-5-9-20(18)24)15(12-16)13-25-17-6-3-1-2-4-7-17/h5,8-12,17,25H,1-4,6-7,13-14H2. The lowest BCUT2D eigenvalue weighted by Crippen LogP contribution is -2.28. The van der Waals surface area contributed by atoms with Crippen LogP contribution in [0.3, 0.4) is 0 Å². The van der Waals surface area contributed by atoms with E-state index in [1.165, 1.54) is 38.5 Å². The van der Waals surface area contributed by atoms with E-state index in [0.29, 0.717) is 27.7 Å². The van der Waals surface area contributed by atoms with E-state index in [1.54, 1.807) is 0 Å². The molecule has 26 heavy (non-hydrogen) atoms. The molecule has 0 bridgehead atoms. The number of ether oxygens (including phenoxy) is 1. The Balaban J connectivity index is 1.67. The fraction of sp³-hybridized carbons (Fsp3) is 0.429. The van der Waals surface area contributed by atoms with Gasteiger partial charge in [-0.2, -0.15) is 0 Å². The Kier molecular flexibility index (Phi) is 7.51. The van der Waals surface area contributed by atoms with E-state index in [9.17, 15) is 0 Å². The SMILES string of the molecule is Clc1ccc(OCc2c(Cl)cccc2Cl)c(CNC2CCCCCC2)c1. The molecule has 0 aliphatic heterocycles. The molecule has 0 aromatic heterocycles. The third-order valence-corrected chi connectivity index (χ3v) is 5.84. The minimum absolute atomic E-state index is 0.330. The summed E-state index contributed by atoms with van der Waals surface area (Å²) in [7, 11) is 0. The molecule has 0 heterocycles. The van der Waals surface area contributed by atoms with Crippen molar-refractivity contribution in [1.29, 1.82) is 0 Å². The van der Waals surface area contributed by atoms with Gasteiger partial charge in [-0.3, -0.25) is 0 Å². The van der Waals surface area contributed by atoms with Crippen LogP contribution in [0.5, 0.6) is 5.75 Å². The van der Waals surface area contributed by atoms with Crippen LogP contribution in [0.2, 0.25) is 15.1 Å². The molecule has 140 valence electrons. The van der Waals surface area contributed by atoms with Gasteiger partial charge in [0.05, 0.1) is 0 Å². The molecule has 0 atom stereocenters. The summed E-state index contributed by atoms with van der Waals surface area (Å²) in [6.07, 6.45) is 7.80. The first-order valence-corrected chi connectivity index (χ1v) is 10.3. The molecule has 1 aliphatic carbocycles. The van der Waals surface area contributed by atoms with Gasteiger partial charge < -0.3 is 10.1 Å². The first-order chi connectivity index (χ1) is 12.6. The first-order valence-electron chi connectivity index (χ1n) is 9.21. The fourth-order valence-electron chi connectivity index (χ4n) is 3.38. The van der Waals surface area contributed by atoms with Crippen molar-refractivity contribution in [2.45, 2.75) is 57.7 Å². The Labute approximate surface area is 170 Å². The van der Waals surface area contributed by atoms with Gasteiger partial charge >= 0.3 is 0 Å². The van der Waals surface area contributed by atoms with E-state index in [1.807, 2.05) is 36.4 Å². The van der Waals surface area contributed by atoms with Crippen LogP contribution in [0.25, 0.3) is 0 Å². The average Bonchev–Trinajstić information content (AvgIpc) is 2.89. The molecule has 2 nitrogen and oxygen atoms in total. The number of rotatable bonds is 6. The molecule has 0 spiro atoms. The smallest absolute Gasteiger partial charge is 0.124 e. The Morgan fingerprint density at radius 3 is 2.31 bits per heavy atom. The molecule has 2 aromatic carbocycles. The van der Waals surface area contributed by atoms with Crippen molar-refractivity contribution in [3.05, 3.63) is 62.6 Å². The first kappa shape index (κ1) is 19.8. The Hall–Kier alpha value is -0.930. The van der Waals surface area contributed by atoms with Crippen LogP contribution < -0.4 is 10.1 Å². The summed E-state index contributed by atoms with van der Waals surface area (Å²) in [6, 6.07) is 11.8. The zero-order chi connectivity index (χ0) is 18.4. The number of hydrogen-bond acceptors (Lipinski definition) is 2. The van der Waals surface area contributed by atoms with Gasteiger partial charge in [-0.1, -0.05) is 66.6 Å². The highest BCUT2D eigenvalue weighted by Gasteiger charge is 2.14. The van der Waals surface area contributed by atoms with Gasteiger partial charge in [0.2, 0.25) is 0 Å². The third-order valence-electron chi connectivity index (χ3n) is 4.89. The van der Waals surface area contributed by atoms with E-state index >= 15 is 0 Å². The largest absolute Gasteiger partial charge is 0.488 e. The maximum Gasteiger partial charge on any atom is 0.124 e. The second kappa shape index (κ2) is 9.85. The molecule has 0 amide bonds. The summed E-state index contributed by atoms with van der Waals surface area (Å²) in [5.41, 5.74) is 1.86. The summed E-state index contributed by atoms with van der Waals surface area (Å²) in [4.78, 5) is 0.